The second-order valence-corrected chi connectivity index (χ2v) is 6.75. The van der Waals surface area contributed by atoms with Crippen molar-refractivity contribution in [1.29, 1.82) is 0 Å². The molecule has 1 aliphatic carbocycles. The summed E-state index contributed by atoms with van der Waals surface area (Å²) in [6.45, 7) is 0. The summed E-state index contributed by atoms with van der Waals surface area (Å²) in [5, 5.41) is 12.1. The molecule has 0 aliphatic heterocycles. The summed E-state index contributed by atoms with van der Waals surface area (Å²) in [6.07, 6.45) is 6.72. The molecule has 24 heavy (non-hydrogen) atoms. The lowest BCUT2D eigenvalue weighted by atomic mass is 9.90. The Morgan fingerprint density at radius 3 is 2.12 bits per heavy atom. The Bertz CT molecular complexity index is 682. The van der Waals surface area contributed by atoms with Gasteiger partial charge in [-0.05, 0) is 37.1 Å². The van der Waals surface area contributed by atoms with Gasteiger partial charge in [0.15, 0.2) is 0 Å². The molecule has 1 aromatic heterocycles. The minimum atomic E-state index is -1.60. The van der Waals surface area contributed by atoms with Gasteiger partial charge in [0.1, 0.15) is 11.5 Å². The van der Waals surface area contributed by atoms with Crippen molar-refractivity contribution >= 4 is 23.2 Å². The first-order valence-corrected chi connectivity index (χ1v) is 8.65. The SMILES string of the molecule is COc1ccc(OC(O)(c2c(Cl)cncc2Cl)C2CCCC2)cc1. The second-order valence-electron chi connectivity index (χ2n) is 5.93. The van der Waals surface area contributed by atoms with E-state index in [4.69, 9.17) is 32.7 Å². The van der Waals surface area contributed by atoms with Crippen molar-refractivity contribution < 1.29 is 14.6 Å². The Labute approximate surface area is 151 Å². The van der Waals surface area contributed by atoms with Gasteiger partial charge in [0.25, 0.3) is 0 Å². The summed E-state index contributed by atoms with van der Waals surface area (Å²) < 4.78 is 11.2. The molecule has 0 amide bonds. The molecule has 1 atom stereocenters. The lowest BCUT2D eigenvalue weighted by molar-refractivity contribution is -0.186. The van der Waals surface area contributed by atoms with Crippen LogP contribution in [0.2, 0.25) is 10.0 Å². The summed E-state index contributed by atoms with van der Waals surface area (Å²) in [5.41, 5.74) is 0.378. The first-order chi connectivity index (χ1) is 11.5. The molecule has 3 rings (SSSR count). The van der Waals surface area contributed by atoms with Crippen LogP contribution in [0.5, 0.6) is 11.5 Å². The average Bonchev–Trinajstić information content (AvgIpc) is 3.10. The number of pyridine rings is 1. The summed E-state index contributed by atoms with van der Waals surface area (Å²) in [4.78, 5) is 3.97. The van der Waals surface area contributed by atoms with Crippen molar-refractivity contribution in [2.24, 2.45) is 5.92 Å². The lowest BCUT2D eigenvalue weighted by Gasteiger charge is -2.35. The van der Waals surface area contributed by atoms with Crippen molar-refractivity contribution in [3.63, 3.8) is 0 Å². The van der Waals surface area contributed by atoms with Gasteiger partial charge < -0.3 is 14.6 Å². The summed E-state index contributed by atoms with van der Waals surface area (Å²) in [6, 6.07) is 7.06. The number of ether oxygens (including phenoxy) is 2. The number of benzene rings is 1. The van der Waals surface area contributed by atoms with Gasteiger partial charge in [0, 0.05) is 18.3 Å². The van der Waals surface area contributed by atoms with E-state index in [1.165, 1.54) is 12.4 Å². The molecular weight excluding hydrogens is 349 g/mol. The van der Waals surface area contributed by atoms with Crippen molar-refractivity contribution in [3.05, 3.63) is 52.3 Å². The molecule has 1 aliphatic rings. The molecule has 1 fully saturated rings. The van der Waals surface area contributed by atoms with Gasteiger partial charge in [0.2, 0.25) is 5.79 Å². The molecule has 0 bridgehead atoms. The zero-order valence-electron chi connectivity index (χ0n) is 13.3. The van der Waals surface area contributed by atoms with Crippen molar-refractivity contribution in [1.82, 2.24) is 4.98 Å². The third kappa shape index (κ3) is 3.32. The van der Waals surface area contributed by atoms with Crippen LogP contribution in [0, 0.1) is 5.92 Å². The topological polar surface area (TPSA) is 51.6 Å². The van der Waals surface area contributed by atoms with E-state index < -0.39 is 5.79 Å². The number of aliphatic hydroxyl groups is 1. The molecule has 1 N–H and O–H groups in total. The molecule has 1 unspecified atom stereocenters. The van der Waals surface area contributed by atoms with Crippen LogP contribution < -0.4 is 9.47 Å². The molecule has 1 saturated carbocycles. The van der Waals surface area contributed by atoms with E-state index in [2.05, 4.69) is 4.98 Å². The number of aromatic nitrogens is 1. The average molecular weight is 368 g/mol. The van der Waals surface area contributed by atoms with Crippen LogP contribution in [0.25, 0.3) is 0 Å². The number of methoxy groups -OCH3 is 1. The van der Waals surface area contributed by atoms with Gasteiger partial charge in [-0.25, -0.2) is 0 Å². The predicted molar refractivity (Wildman–Crippen MR) is 93.7 cm³/mol. The Morgan fingerprint density at radius 1 is 1.04 bits per heavy atom. The number of hydrogen-bond acceptors (Lipinski definition) is 4. The zero-order chi connectivity index (χ0) is 17.2. The predicted octanol–water partition coefficient (Wildman–Crippen LogP) is 4.81. The van der Waals surface area contributed by atoms with E-state index in [1.807, 2.05) is 0 Å². The Morgan fingerprint density at radius 2 is 1.58 bits per heavy atom. The molecule has 6 heteroatoms. The molecular formula is C18H19Cl2NO3. The van der Waals surface area contributed by atoms with Gasteiger partial charge >= 0.3 is 0 Å². The number of halogens is 2. The van der Waals surface area contributed by atoms with E-state index in [9.17, 15) is 5.11 Å². The van der Waals surface area contributed by atoms with E-state index in [0.29, 0.717) is 27.1 Å². The van der Waals surface area contributed by atoms with Gasteiger partial charge in [-0.15, -0.1) is 0 Å². The fraction of sp³-hybridized carbons (Fsp3) is 0.389. The maximum Gasteiger partial charge on any atom is 0.240 e. The van der Waals surface area contributed by atoms with Gasteiger partial charge in [-0.3, -0.25) is 4.98 Å². The normalized spacial score (nSPS) is 17.5. The molecule has 0 saturated heterocycles. The van der Waals surface area contributed by atoms with E-state index in [1.54, 1.807) is 31.4 Å². The minimum Gasteiger partial charge on any atom is -0.497 e. The van der Waals surface area contributed by atoms with Crippen LogP contribution in [0.4, 0.5) is 0 Å². The van der Waals surface area contributed by atoms with Crippen molar-refractivity contribution in [2.45, 2.75) is 31.5 Å². The van der Waals surface area contributed by atoms with Crippen molar-refractivity contribution in [2.75, 3.05) is 7.11 Å². The highest BCUT2D eigenvalue weighted by Crippen LogP contribution is 2.46. The maximum atomic E-state index is 11.5. The Balaban J connectivity index is 2.01. The highest BCUT2D eigenvalue weighted by molar-refractivity contribution is 6.35. The third-order valence-corrected chi connectivity index (χ3v) is 5.03. The molecule has 2 aromatic rings. The fourth-order valence-electron chi connectivity index (χ4n) is 3.23. The first kappa shape index (κ1) is 17.3. The van der Waals surface area contributed by atoms with Crippen molar-refractivity contribution in [3.8, 4) is 11.5 Å². The monoisotopic (exact) mass is 367 g/mol. The maximum absolute atomic E-state index is 11.5. The Hall–Kier alpha value is -1.49. The molecule has 0 radical (unpaired) electrons. The first-order valence-electron chi connectivity index (χ1n) is 7.89. The zero-order valence-corrected chi connectivity index (χ0v) is 14.8. The van der Waals surface area contributed by atoms with E-state index in [0.717, 1.165) is 25.7 Å². The van der Waals surface area contributed by atoms with Gasteiger partial charge in [0.05, 0.1) is 22.7 Å². The highest BCUT2D eigenvalue weighted by Gasteiger charge is 2.45. The summed E-state index contributed by atoms with van der Waals surface area (Å²) in [7, 11) is 1.60. The lowest BCUT2D eigenvalue weighted by Crippen LogP contribution is -2.40. The Kier molecular flexibility index (Phi) is 5.18. The van der Waals surface area contributed by atoms with Crippen LogP contribution >= 0.6 is 23.2 Å². The largest absolute Gasteiger partial charge is 0.497 e. The standard InChI is InChI=1S/C18H19Cl2NO3/c1-23-13-6-8-14(9-7-13)24-18(22,12-4-2-3-5-12)17-15(19)10-21-11-16(17)20/h6-12,22H,2-5H2,1H3. The molecule has 1 aromatic carbocycles. The smallest absolute Gasteiger partial charge is 0.240 e. The summed E-state index contributed by atoms with van der Waals surface area (Å²) >= 11 is 12.6. The highest BCUT2D eigenvalue weighted by atomic mass is 35.5. The molecule has 0 spiro atoms. The summed E-state index contributed by atoms with van der Waals surface area (Å²) in [5.74, 6) is -0.444. The molecule has 4 nitrogen and oxygen atoms in total. The quantitative estimate of drug-likeness (QED) is 0.770. The van der Waals surface area contributed by atoms with Crippen LogP contribution in [0.1, 0.15) is 31.2 Å². The molecule has 1 heterocycles. The molecule has 128 valence electrons. The van der Waals surface area contributed by atoms with Crippen LogP contribution in [0.15, 0.2) is 36.7 Å². The van der Waals surface area contributed by atoms with E-state index >= 15 is 0 Å². The third-order valence-electron chi connectivity index (χ3n) is 4.45. The fourth-order valence-corrected chi connectivity index (χ4v) is 3.87. The van der Waals surface area contributed by atoms with E-state index in [-0.39, 0.29) is 5.92 Å². The van der Waals surface area contributed by atoms with Gasteiger partial charge in [-0.1, -0.05) is 36.0 Å². The number of rotatable bonds is 5. The van der Waals surface area contributed by atoms with Crippen LogP contribution in [-0.4, -0.2) is 17.2 Å². The minimum absolute atomic E-state index is 0.0861. The second kappa shape index (κ2) is 7.18. The number of hydrogen-bond donors (Lipinski definition) is 1. The van der Waals surface area contributed by atoms with Gasteiger partial charge in [-0.2, -0.15) is 0 Å². The number of nitrogens with zero attached hydrogens (tertiary/aromatic N) is 1. The van der Waals surface area contributed by atoms with Crippen LogP contribution in [0.3, 0.4) is 0 Å². The van der Waals surface area contributed by atoms with Crippen LogP contribution in [-0.2, 0) is 5.79 Å².